The van der Waals surface area contributed by atoms with Crippen LogP contribution in [0.4, 0.5) is 41.9 Å². The first kappa shape index (κ1) is 32.1. The van der Waals surface area contributed by atoms with E-state index in [1.807, 2.05) is 0 Å². The number of aromatic nitrogens is 2. The van der Waals surface area contributed by atoms with Gasteiger partial charge in [0.2, 0.25) is 17.8 Å². The maximum atomic E-state index is 13.0. The van der Waals surface area contributed by atoms with Gasteiger partial charge in [-0.05, 0) is 61.0 Å². The third kappa shape index (κ3) is 9.10. The number of aryl methyl sites for hydroxylation is 1. The number of nitrogens with one attached hydrogen (secondary N) is 5. The van der Waals surface area contributed by atoms with Crippen molar-refractivity contribution in [3.05, 3.63) is 101 Å². The van der Waals surface area contributed by atoms with E-state index in [2.05, 4.69) is 36.6 Å². The van der Waals surface area contributed by atoms with Crippen LogP contribution >= 0.6 is 0 Å². The first-order chi connectivity index (χ1) is 21.4. The Morgan fingerprint density at radius 2 is 1.40 bits per heavy atom. The summed E-state index contributed by atoms with van der Waals surface area (Å²) in [5.74, 6) is -1.69. The van der Waals surface area contributed by atoms with E-state index in [0.717, 1.165) is 18.2 Å². The normalized spacial score (nSPS) is 10.9. The van der Waals surface area contributed by atoms with Crippen molar-refractivity contribution in [3.63, 3.8) is 0 Å². The molecule has 0 saturated heterocycles. The number of rotatable bonds is 10. The molecular formula is C31H28F3N7O4. The van der Waals surface area contributed by atoms with Gasteiger partial charge < -0.3 is 26.6 Å². The van der Waals surface area contributed by atoms with Crippen LogP contribution in [0.15, 0.2) is 79.1 Å². The minimum atomic E-state index is -4.59. The topological polar surface area (TPSA) is 154 Å². The molecule has 45 heavy (non-hydrogen) atoms. The quantitative estimate of drug-likeness (QED) is 0.157. The third-order valence-corrected chi connectivity index (χ3v) is 6.27. The smallest absolute Gasteiger partial charge is 0.347 e. The Hall–Kier alpha value is -5.79. The van der Waals surface area contributed by atoms with Crippen molar-refractivity contribution in [2.45, 2.75) is 26.4 Å². The molecule has 0 unspecified atom stereocenters. The van der Waals surface area contributed by atoms with E-state index >= 15 is 0 Å². The molecule has 4 aromatic rings. The molecule has 0 aliphatic heterocycles. The highest BCUT2D eigenvalue weighted by molar-refractivity contribution is 6.08. The van der Waals surface area contributed by atoms with Crippen molar-refractivity contribution in [2.75, 3.05) is 27.8 Å². The number of hydrogen-bond acceptors (Lipinski definition) is 7. The molecular weight excluding hydrogens is 591 g/mol. The Labute approximate surface area is 255 Å². The lowest BCUT2D eigenvalue weighted by Gasteiger charge is -2.12. The summed E-state index contributed by atoms with van der Waals surface area (Å²) in [4.78, 5) is 57.4. The lowest BCUT2D eigenvalue weighted by atomic mass is 10.1. The van der Waals surface area contributed by atoms with Crippen molar-refractivity contribution in [3.8, 4) is 0 Å². The molecule has 4 amide bonds. The van der Waals surface area contributed by atoms with Crippen LogP contribution in [0.1, 0.15) is 45.2 Å². The van der Waals surface area contributed by atoms with E-state index in [4.69, 9.17) is 0 Å². The van der Waals surface area contributed by atoms with Gasteiger partial charge in [-0.25, -0.2) is 9.97 Å². The van der Waals surface area contributed by atoms with E-state index in [1.165, 1.54) is 30.6 Å². The maximum absolute atomic E-state index is 13.0. The SMILES string of the molecule is CCC(=O)NCC(=O)Nc1cccc(Nc2ncc(NC(=O)c3cc(NC(=O)c4cccc(C(F)(F)F)c4)ccc3C)cn2)c1. The Morgan fingerprint density at radius 1 is 0.733 bits per heavy atom. The molecule has 0 aliphatic rings. The summed E-state index contributed by atoms with van der Waals surface area (Å²) < 4.78 is 39.1. The minimum Gasteiger partial charge on any atom is -0.347 e. The van der Waals surface area contributed by atoms with Crippen LogP contribution in [0.5, 0.6) is 0 Å². The Balaban J connectivity index is 1.37. The van der Waals surface area contributed by atoms with Gasteiger partial charge in [-0.2, -0.15) is 13.2 Å². The lowest BCUT2D eigenvalue weighted by molar-refractivity contribution is -0.137. The largest absolute Gasteiger partial charge is 0.416 e. The Kier molecular flexibility index (Phi) is 10.1. The Bertz CT molecular complexity index is 1730. The zero-order chi connectivity index (χ0) is 32.6. The fraction of sp³-hybridized carbons (Fsp3) is 0.161. The van der Waals surface area contributed by atoms with Gasteiger partial charge in [0.25, 0.3) is 11.8 Å². The number of nitrogens with zero attached hydrogens (tertiary/aromatic N) is 2. The summed E-state index contributed by atoms with van der Waals surface area (Å²) >= 11 is 0. The van der Waals surface area contributed by atoms with Crippen LogP contribution in [0.3, 0.4) is 0 Å². The maximum Gasteiger partial charge on any atom is 0.416 e. The summed E-state index contributed by atoms with van der Waals surface area (Å²) in [5, 5.41) is 13.4. The van der Waals surface area contributed by atoms with E-state index in [0.29, 0.717) is 16.9 Å². The predicted molar refractivity (Wildman–Crippen MR) is 162 cm³/mol. The molecule has 0 atom stereocenters. The molecule has 0 spiro atoms. The van der Waals surface area contributed by atoms with Crippen LogP contribution in [0, 0.1) is 6.92 Å². The van der Waals surface area contributed by atoms with Crippen LogP contribution < -0.4 is 26.6 Å². The summed E-state index contributed by atoms with van der Waals surface area (Å²) in [6, 6.07) is 15.3. The number of benzene rings is 3. The molecule has 1 aromatic heterocycles. The second-order valence-corrected chi connectivity index (χ2v) is 9.70. The van der Waals surface area contributed by atoms with Crippen LogP contribution in [-0.4, -0.2) is 40.1 Å². The fourth-order valence-electron chi connectivity index (χ4n) is 3.95. The number of amides is 4. The second-order valence-electron chi connectivity index (χ2n) is 9.70. The molecule has 4 rings (SSSR count). The number of carbonyl (C=O) groups is 4. The highest BCUT2D eigenvalue weighted by atomic mass is 19.4. The fourth-order valence-corrected chi connectivity index (χ4v) is 3.95. The highest BCUT2D eigenvalue weighted by Crippen LogP contribution is 2.30. The third-order valence-electron chi connectivity index (χ3n) is 6.27. The van der Waals surface area contributed by atoms with E-state index in [1.54, 1.807) is 44.2 Å². The standard InChI is InChI=1S/C31H28F3N7O4/c1-3-26(42)35-17-27(43)38-21-8-5-9-22(13-21)41-30-36-15-24(16-37-30)40-29(45)25-14-23(11-10-18(25)2)39-28(44)19-6-4-7-20(12-19)31(32,33)34/h4-16H,3,17H2,1-2H3,(H,35,42)(H,38,43)(H,39,44)(H,40,45)(H,36,37,41). The number of alkyl halides is 3. The summed E-state index contributed by atoms with van der Waals surface area (Å²) in [5.41, 5.74) is 1.22. The summed E-state index contributed by atoms with van der Waals surface area (Å²) in [6.07, 6.45) is -1.56. The first-order valence-corrected chi connectivity index (χ1v) is 13.6. The Morgan fingerprint density at radius 3 is 2.11 bits per heavy atom. The molecule has 14 heteroatoms. The number of anilines is 5. The molecule has 232 valence electrons. The summed E-state index contributed by atoms with van der Waals surface area (Å²) in [7, 11) is 0. The molecule has 0 radical (unpaired) electrons. The average molecular weight is 620 g/mol. The van der Waals surface area contributed by atoms with Gasteiger partial charge in [0.15, 0.2) is 0 Å². The lowest BCUT2D eigenvalue weighted by Crippen LogP contribution is -2.32. The first-order valence-electron chi connectivity index (χ1n) is 13.6. The van der Waals surface area contributed by atoms with Gasteiger partial charge >= 0.3 is 6.18 Å². The zero-order valence-corrected chi connectivity index (χ0v) is 24.1. The van der Waals surface area contributed by atoms with Crippen molar-refractivity contribution >= 4 is 52.3 Å². The van der Waals surface area contributed by atoms with Gasteiger partial charge in [0.1, 0.15) is 0 Å². The zero-order valence-electron chi connectivity index (χ0n) is 24.1. The van der Waals surface area contributed by atoms with Crippen LogP contribution in [0.25, 0.3) is 0 Å². The monoisotopic (exact) mass is 619 g/mol. The molecule has 0 saturated carbocycles. The molecule has 0 bridgehead atoms. The van der Waals surface area contributed by atoms with Gasteiger partial charge in [-0.1, -0.05) is 25.1 Å². The van der Waals surface area contributed by atoms with Gasteiger partial charge in [-0.3, -0.25) is 19.2 Å². The predicted octanol–water partition coefficient (Wildman–Crippen LogP) is 5.52. The molecule has 1 heterocycles. The molecule has 0 aliphatic carbocycles. The van der Waals surface area contributed by atoms with Crippen molar-refractivity contribution in [1.82, 2.24) is 15.3 Å². The van der Waals surface area contributed by atoms with E-state index in [9.17, 15) is 32.3 Å². The van der Waals surface area contributed by atoms with Gasteiger partial charge in [-0.15, -0.1) is 0 Å². The van der Waals surface area contributed by atoms with Gasteiger partial charge in [0.05, 0.1) is 30.2 Å². The number of carbonyl (C=O) groups excluding carboxylic acids is 4. The van der Waals surface area contributed by atoms with Crippen LogP contribution in [0.2, 0.25) is 0 Å². The molecule has 3 aromatic carbocycles. The van der Waals surface area contributed by atoms with Crippen molar-refractivity contribution in [2.24, 2.45) is 0 Å². The second kappa shape index (κ2) is 14.1. The van der Waals surface area contributed by atoms with E-state index in [-0.39, 0.29) is 53.2 Å². The number of hydrogen-bond donors (Lipinski definition) is 5. The van der Waals surface area contributed by atoms with Crippen LogP contribution in [-0.2, 0) is 15.8 Å². The van der Waals surface area contributed by atoms with Crippen molar-refractivity contribution in [1.29, 1.82) is 0 Å². The summed E-state index contributed by atoms with van der Waals surface area (Å²) in [6.45, 7) is 3.22. The molecule has 5 N–H and O–H groups in total. The minimum absolute atomic E-state index is 0.154. The van der Waals surface area contributed by atoms with Gasteiger partial charge in [0, 0.05) is 34.6 Å². The average Bonchev–Trinajstić information content (AvgIpc) is 3.01. The number of halogens is 3. The highest BCUT2D eigenvalue weighted by Gasteiger charge is 2.31. The van der Waals surface area contributed by atoms with E-state index < -0.39 is 23.6 Å². The van der Waals surface area contributed by atoms with Crippen molar-refractivity contribution < 1.29 is 32.3 Å². The molecule has 0 fully saturated rings. The molecule has 11 nitrogen and oxygen atoms in total.